The van der Waals surface area contributed by atoms with Crippen LogP contribution in [0, 0.1) is 0 Å². The van der Waals surface area contributed by atoms with E-state index in [0.717, 1.165) is 34.1 Å². The highest BCUT2D eigenvalue weighted by Gasteiger charge is 2.22. The fraction of sp³-hybridized carbons (Fsp3) is 0.296. The Morgan fingerprint density at radius 1 is 1.08 bits per heavy atom. The Kier molecular flexibility index (Phi) is 9.06. The molecule has 0 spiro atoms. The van der Waals surface area contributed by atoms with Crippen LogP contribution in [0.2, 0.25) is 0 Å². The predicted molar refractivity (Wildman–Crippen MR) is 150 cm³/mol. The summed E-state index contributed by atoms with van der Waals surface area (Å²) in [4.78, 5) is 12.0. The van der Waals surface area contributed by atoms with E-state index in [1.165, 1.54) is 6.26 Å². The van der Waals surface area contributed by atoms with Gasteiger partial charge in [-0.15, -0.1) is 0 Å². The molecule has 4 rings (SSSR count). The minimum atomic E-state index is -2.99. The number of hydrogen-bond acceptors (Lipinski definition) is 10. The largest absolute Gasteiger partial charge is 0.489 e. The van der Waals surface area contributed by atoms with Crippen LogP contribution >= 0.6 is 0 Å². The van der Waals surface area contributed by atoms with Gasteiger partial charge in [-0.05, 0) is 43.0 Å². The molecular weight excluding hydrogens is 504 g/mol. The molecule has 38 heavy (non-hydrogen) atoms. The van der Waals surface area contributed by atoms with E-state index in [9.17, 15) is 8.42 Å². The molecule has 11 heteroatoms. The van der Waals surface area contributed by atoms with Crippen LogP contribution in [0.25, 0.3) is 0 Å². The lowest BCUT2D eigenvalue weighted by Gasteiger charge is -2.30. The number of anilines is 1. The molecule has 0 radical (unpaired) electrons. The number of rotatable bonds is 13. The summed E-state index contributed by atoms with van der Waals surface area (Å²) in [6, 6.07) is 17.8. The summed E-state index contributed by atoms with van der Waals surface area (Å²) in [5, 5.41) is 11.6. The number of aliphatic imine (C=N–C) groups is 1. The summed E-state index contributed by atoms with van der Waals surface area (Å²) in [5.74, 6) is 2.35. The highest BCUT2D eigenvalue weighted by Crippen LogP contribution is 2.27. The van der Waals surface area contributed by atoms with E-state index in [4.69, 9.17) is 9.57 Å². The molecule has 0 unspecified atom stereocenters. The van der Waals surface area contributed by atoms with Gasteiger partial charge in [0.25, 0.3) is 0 Å². The van der Waals surface area contributed by atoms with E-state index in [0.29, 0.717) is 32.1 Å². The topological polar surface area (TPSA) is 108 Å². The van der Waals surface area contributed by atoms with Crippen LogP contribution in [-0.2, 0) is 21.3 Å². The number of sulfone groups is 1. The molecule has 2 aliphatic heterocycles. The van der Waals surface area contributed by atoms with Gasteiger partial charge in [0.2, 0.25) is 0 Å². The fourth-order valence-corrected chi connectivity index (χ4v) is 4.42. The zero-order chi connectivity index (χ0) is 27.0. The van der Waals surface area contributed by atoms with Gasteiger partial charge in [-0.2, -0.15) is 0 Å². The summed E-state index contributed by atoms with van der Waals surface area (Å²) >= 11 is 0. The molecule has 3 N–H and O–H groups in total. The fourth-order valence-electron chi connectivity index (χ4n) is 3.78. The van der Waals surface area contributed by atoms with Crippen LogP contribution < -0.4 is 20.7 Å². The van der Waals surface area contributed by atoms with Crippen molar-refractivity contribution in [2.24, 2.45) is 4.99 Å². The van der Waals surface area contributed by atoms with Crippen LogP contribution in [-0.4, -0.2) is 70.5 Å². The Balaban J connectivity index is 1.40. The van der Waals surface area contributed by atoms with E-state index in [2.05, 4.69) is 20.9 Å². The number of ether oxygens (including phenoxy) is 1. The van der Waals surface area contributed by atoms with Gasteiger partial charge in [0.05, 0.1) is 31.1 Å². The molecule has 202 valence electrons. The van der Waals surface area contributed by atoms with Crippen LogP contribution in [0.4, 0.5) is 5.69 Å². The van der Waals surface area contributed by atoms with Gasteiger partial charge >= 0.3 is 0 Å². The van der Waals surface area contributed by atoms with E-state index in [-0.39, 0.29) is 5.75 Å². The van der Waals surface area contributed by atoms with Crippen molar-refractivity contribution in [2.45, 2.75) is 6.61 Å². The normalized spacial score (nSPS) is 15.0. The molecule has 2 aliphatic rings. The summed E-state index contributed by atoms with van der Waals surface area (Å²) in [6.45, 7) is 2.26. The molecule has 0 fully saturated rings. The Hall–Kier alpha value is -3.80. The average Bonchev–Trinajstić information content (AvgIpc) is 2.91. The maximum absolute atomic E-state index is 11.4. The van der Waals surface area contributed by atoms with E-state index in [1.807, 2.05) is 78.8 Å². The highest BCUT2D eigenvalue weighted by molar-refractivity contribution is 7.90. The third-order valence-electron chi connectivity index (χ3n) is 5.93. The van der Waals surface area contributed by atoms with Gasteiger partial charge in [0.1, 0.15) is 33.8 Å². The molecule has 0 aromatic heterocycles. The molecule has 0 saturated carbocycles. The maximum atomic E-state index is 11.4. The van der Waals surface area contributed by atoms with Crippen molar-refractivity contribution >= 4 is 21.9 Å². The number of allylic oxidation sites excluding steroid dienone is 1. The van der Waals surface area contributed by atoms with Crippen molar-refractivity contribution in [1.29, 1.82) is 0 Å². The molecule has 0 aliphatic carbocycles. The lowest BCUT2D eigenvalue weighted by Crippen LogP contribution is -2.37. The van der Waals surface area contributed by atoms with Crippen LogP contribution in [0.5, 0.6) is 5.75 Å². The first-order valence-electron chi connectivity index (χ1n) is 12.3. The monoisotopic (exact) mass is 538 g/mol. The number of fused-ring (bicyclic) bond motifs is 1. The number of hydrogen-bond donors (Lipinski definition) is 3. The van der Waals surface area contributed by atoms with Crippen LogP contribution in [0.1, 0.15) is 5.56 Å². The number of likely N-dealkylation sites (N-methyl/N-ethyl adjacent to an activating group) is 1. The quantitative estimate of drug-likeness (QED) is 0.355. The smallest absolute Gasteiger partial charge is 0.148 e. The van der Waals surface area contributed by atoms with E-state index in [1.54, 1.807) is 18.5 Å². The zero-order valence-electron chi connectivity index (χ0n) is 21.8. The standard InChI is InChI=1S/C27H34N6O4S/c1-32(15-16-38(3,34)35)14-13-28-26-17-24-25(18-33(26)36-2)29-20-30-27(24)31-22-9-11-23(12-10-22)37-19-21-7-5-4-6-8-21/h4-12,17-18,20,28,31H,13-16,19H2,1-3H3,(H,29,30). The lowest BCUT2D eigenvalue weighted by atomic mass is 10.1. The summed E-state index contributed by atoms with van der Waals surface area (Å²) in [6.07, 6.45) is 6.68. The molecule has 0 bridgehead atoms. The molecule has 2 aromatic carbocycles. The Bertz CT molecular complexity index is 1320. The highest BCUT2D eigenvalue weighted by atomic mass is 32.2. The summed E-state index contributed by atoms with van der Waals surface area (Å²) in [5.41, 5.74) is 3.70. The predicted octanol–water partition coefficient (Wildman–Crippen LogP) is 2.65. The van der Waals surface area contributed by atoms with E-state index < -0.39 is 9.84 Å². The third-order valence-corrected chi connectivity index (χ3v) is 6.85. The van der Waals surface area contributed by atoms with Gasteiger partial charge in [0.15, 0.2) is 0 Å². The average molecular weight is 539 g/mol. The zero-order valence-corrected chi connectivity index (χ0v) is 22.7. The summed E-state index contributed by atoms with van der Waals surface area (Å²) in [7, 11) is 0.504. The minimum Gasteiger partial charge on any atom is -0.489 e. The number of hydroxylamine groups is 2. The van der Waals surface area contributed by atoms with Crippen LogP contribution in [0.3, 0.4) is 0 Å². The Morgan fingerprint density at radius 2 is 1.84 bits per heavy atom. The molecule has 2 aromatic rings. The molecule has 2 heterocycles. The van der Waals surface area contributed by atoms with Crippen molar-refractivity contribution < 1.29 is 18.0 Å². The first-order chi connectivity index (χ1) is 18.3. The Morgan fingerprint density at radius 3 is 2.55 bits per heavy atom. The van der Waals surface area contributed by atoms with Gasteiger partial charge in [-0.3, -0.25) is 4.84 Å². The second-order valence-electron chi connectivity index (χ2n) is 9.03. The summed E-state index contributed by atoms with van der Waals surface area (Å²) < 4.78 is 28.7. The van der Waals surface area contributed by atoms with Crippen molar-refractivity contribution in [3.8, 4) is 5.75 Å². The third kappa shape index (κ3) is 7.85. The SMILES string of the molecule is CON1C=C2NC=NC(Nc3ccc(OCc4ccccc4)cc3)=C2C=C1NCCN(C)CCS(C)(=O)=O. The van der Waals surface area contributed by atoms with E-state index >= 15 is 0 Å². The second kappa shape index (κ2) is 12.6. The van der Waals surface area contributed by atoms with Crippen molar-refractivity contribution in [3.63, 3.8) is 0 Å². The minimum absolute atomic E-state index is 0.133. The molecule has 0 saturated heterocycles. The van der Waals surface area contributed by atoms with Crippen LogP contribution in [0.15, 0.2) is 94.8 Å². The number of nitrogens with zero attached hydrogens (tertiary/aromatic N) is 3. The number of benzene rings is 2. The van der Waals surface area contributed by atoms with Gasteiger partial charge in [-0.1, -0.05) is 30.3 Å². The van der Waals surface area contributed by atoms with Crippen molar-refractivity contribution in [1.82, 2.24) is 20.6 Å². The molecule has 0 atom stereocenters. The first kappa shape index (κ1) is 27.2. The van der Waals surface area contributed by atoms with Crippen molar-refractivity contribution in [3.05, 3.63) is 95.3 Å². The molecule has 0 amide bonds. The Labute approximate surface area is 224 Å². The maximum Gasteiger partial charge on any atom is 0.148 e. The number of nitrogens with one attached hydrogen (secondary N) is 3. The lowest BCUT2D eigenvalue weighted by molar-refractivity contribution is -0.0642. The van der Waals surface area contributed by atoms with Gasteiger partial charge in [0, 0.05) is 37.2 Å². The first-order valence-corrected chi connectivity index (χ1v) is 14.3. The molecular formula is C27H34N6O4S. The second-order valence-corrected chi connectivity index (χ2v) is 11.3. The van der Waals surface area contributed by atoms with Gasteiger partial charge < -0.3 is 25.6 Å². The van der Waals surface area contributed by atoms with Gasteiger partial charge in [-0.25, -0.2) is 18.5 Å². The van der Waals surface area contributed by atoms with Crippen molar-refractivity contribution in [2.75, 3.05) is 51.1 Å². The molecule has 10 nitrogen and oxygen atoms in total.